The predicted octanol–water partition coefficient (Wildman–Crippen LogP) is 4.06. The topological polar surface area (TPSA) is 17.1 Å². The third kappa shape index (κ3) is 1.57. The zero-order chi connectivity index (χ0) is 10.1. The number of fused-ring (bicyclic) bond motifs is 1. The summed E-state index contributed by atoms with van der Waals surface area (Å²) >= 11 is 9.62. The lowest BCUT2D eigenvalue weighted by Gasteiger charge is -2.00. The van der Waals surface area contributed by atoms with E-state index in [0.717, 1.165) is 31.1 Å². The smallest absolute Gasteiger partial charge is 0.151 e. The largest absolute Gasteiger partial charge is 0.298 e. The van der Waals surface area contributed by atoms with Crippen LogP contribution in [0.4, 0.5) is 0 Å². The zero-order valence-corrected chi connectivity index (χ0v) is 10.8. The van der Waals surface area contributed by atoms with E-state index in [9.17, 15) is 4.79 Å². The van der Waals surface area contributed by atoms with E-state index in [4.69, 9.17) is 11.6 Å². The zero-order valence-electron chi connectivity index (χ0n) is 7.09. The van der Waals surface area contributed by atoms with E-state index >= 15 is 0 Å². The number of rotatable bonds is 2. The summed E-state index contributed by atoms with van der Waals surface area (Å²) in [5, 5.41) is 3.03. The molecule has 0 saturated heterocycles. The first-order valence-corrected chi connectivity index (χ1v) is 6.47. The molecule has 1 nitrogen and oxygen atoms in total. The van der Waals surface area contributed by atoms with Crippen LogP contribution < -0.4 is 0 Å². The van der Waals surface area contributed by atoms with Crippen molar-refractivity contribution >= 4 is 61.9 Å². The van der Waals surface area contributed by atoms with Crippen LogP contribution in [0, 0.1) is 3.57 Å². The molecule has 0 unspecified atom stereocenters. The molecule has 1 aromatic carbocycles. The molecule has 0 amide bonds. The summed E-state index contributed by atoms with van der Waals surface area (Å²) in [6, 6.07) is 3.99. The Labute approximate surface area is 104 Å². The van der Waals surface area contributed by atoms with Crippen molar-refractivity contribution in [2.24, 2.45) is 0 Å². The lowest BCUT2D eigenvalue weighted by Crippen LogP contribution is -1.88. The minimum absolute atomic E-state index is 0.459. The van der Waals surface area contributed by atoms with Crippen molar-refractivity contribution in [3.8, 4) is 0 Å². The number of benzene rings is 1. The first kappa shape index (κ1) is 10.4. The monoisotopic (exact) mass is 336 g/mol. The van der Waals surface area contributed by atoms with Crippen molar-refractivity contribution in [1.29, 1.82) is 0 Å². The van der Waals surface area contributed by atoms with E-state index in [1.165, 1.54) is 0 Å². The Morgan fingerprint density at radius 1 is 1.50 bits per heavy atom. The summed E-state index contributed by atoms with van der Waals surface area (Å²) in [7, 11) is 0. The summed E-state index contributed by atoms with van der Waals surface area (Å²) < 4.78 is 2.11. The summed E-state index contributed by atoms with van der Waals surface area (Å²) in [5.74, 6) is 0.459. The van der Waals surface area contributed by atoms with Gasteiger partial charge in [0.05, 0.1) is 0 Å². The van der Waals surface area contributed by atoms with E-state index < -0.39 is 0 Å². The molecule has 1 heterocycles. The molecule has 0 aliphatic rings. The molecular weight excluding hydrogens is 331 g/mol. The quantitative estimate of drug-likeness (QED) is 0.459. The summed E-state index contributed by atoms with van der Waals surface area (Å²) in [4.78, 5) is 11.0. The molecule has 72 valence electrons. The molecule has 2 aromatic rings. The van der Waals surface area contributed by atoms with Crippen molar-refractivity contribution in [3.63, 3.8) is 0 Å². The van der Waals surface area contributed by atoms with E-state index in [2.05, 4.69) is 22.6 Å². The van der Waals surface area contributed by atoms with Gasteiger partial charge < -0.3 is 0 Å². The Kier molecular flexibility index (Phi) is 3.09. The van der Waals surface area contributed by atoms with Gasteiger partial charge >= 0.3 is 0 Å². The van der Waals surface area contributed by atoms with Crippen LogP contribution in [0.1, 0.15) is 15.9 Å². The molecule has 14 heavy (non-hydrogen) atoms. The van der Waals surface area contributed by atoms with Gasteiger partial charge in [-0.2, -0.15) is 0 Å². The standard InChI is InChI=1S/C10H6ClIOS/c11-3-6-5-14-9-2-1-8(12)7(4-13)10(6)9/h1-2,4-5H,3H2. The summed E-state index contributed by atoms with van der Waals surface area (Å²) in [6.07, 6.45) is 0.910. The number of thiophene rings is 1. The third-order valence-electron chi connectivity index (χ3n) is 2.07. The van der Waals surface area contributed by atoms with Crippen molar-refractivity contribution in [3.05, 3.63) is 32.2 Å². The van der Waals surface area contributed by atoms with E-state index in [1.54, 1.807) is 11.3 Å². The molecule has 0 atom stereocenters. The Morgan fingerprint density at radius 2 is 2.29 bits per heavy atom. The maximum absolute atomic E-state index is 11.0. The van der Waals surface area contributed by atoms with Crippen molar-refractivity contribution in [1.82, 2.24) is 0 Å². The second-order valence-electron chi connectivity index (χ2n) is 2.85. The van der Waals surface area contributed by atoms with Crippen LogP contribution in [-0.2, 0) is 5.88 Å². The fourth-order valence-electron chi connectivity index (χ4n) is 1.41. The van der Waals surface area contributed by atoms with E-state index in [0.29, 0.717) is 5.88 Å². The van der Waals surface area contributed by atoms with Gasteiger partial charge in [-0.05, 0) is 45.7 Å². The third-order valence-corrected chi connectivity index (χ3v) is 4.29. The summed E-state index contributed by atoms with van der Waals surface area (Å²) in [5.41, 5.74) is 1.81. The Balaban J connectivity index is 2.88. The molecule has 0 saturated carbocycles. The molecule has 0 fully saturated rings. The Bertz CT molecular complexity index is 492. The van der Waals surface area contributed by atoms with Gasteiger partial charge in [-0.15, -0.1) is 22.9 Å². The Hall–Kier alpha value is -0.130. The van der Waals surface area contributed by atoms with Crippen LogP contribution in [0.15, 0.2) is 17.5 Å². The van der Waals surface area contributed by atoms with Gasteiger partial charge in [0, 0.05) is 25.1 Å². The first-order chi connectivity index (χ1) is 6.77. The highest BCUT2D eigenvalue weighted by atomic mass is 127. The van der Waals surface area contributed by atoms with Gasteiger partial charge in [0.25, 0.3) is 0 Å². The average molecular weight is 337 g/mol. The van der Waals surface area contributed by atoms with Crippen molar-refractivity contribution in [2.45, 2.75) is 5.88 Å². The van der Waals surface area contributed by atoms with Crippen LogP contribution in [0.25, 0.3) is 10.1 Å². The van der Waals surface area contributed by atoms with Crippen LogP contribution in [0.2, 0.25) is 0 Å². The lowest BCUT2D eigenvalue weighted by atomic mass is 10.1. The van der Waals surface area contributed by atoms with Gasteiger partial charge in [0.15, 0.2) is 6.29 Å². The fraction of sp³-hybridized carbons (Fsp3) is 0.100. The van der Waals surface area contributed by atoms with Crippen LogP contribution in [0.3, 0.4) is 0 Å². The number of halogens is 2. The molecule has 0 aliphatic heterocycles. The minimum atomic E-state index is 0.459. The Morgan fingerprint density at radius 3 is 2.93 bits per heavy atom. The normalized spacial score (nSPS) is 10.7. The molecular formula is C10H6ClIOS. The summed E-state index contributed by atoms with van der Waals surface area (Å²) in [6.45, 7) is 0. The molecule has 4 heteroatoms. The second kappa shape index (κ2) is 4.16. The molecule has 1 aromatic heterocycles. The minimum Gasteiger partial charge on any atom is -0.298 e. The molecule has 0 radical (unpaired) electrons. The van der Waals surface area contributed by atoms with Crippen LogP contribution in [-0.4, -0.2) is 6.29 Å². The van der Waals surface area contributed by atoms with Gasteiger partial charge in [0.2, 0.25) is 0 Å². The van der Waals surface area contributed by atoms with E-state index in [-0.39, 0.29) is 0 Å². The van der Waals surface area contributed by atoms with Gasteiger partial charge in [-0.3, -0.25) is 4.79 Å². The number of hydrogen-bond donors (Lipinski definition) is 0. The van der Waals surface area contributed by atoms with Gasteiger partial charge in [0.1, 0.15) is 0 Å². The number of carbonyl (C=O) groups excluding carboxylic acids is 1. The number of aldehydes is 1. The predicted molar refractivity (Wildman–Crippen MR) is 69.5 cm³/mol. The number of alkyl halides is 1. The number of hydrogen-bond acceptors (Lipinski definition) is 2. The van der Waals surface area contributed by atoms with E-state index in [1.807, 2.05) is 17.5 Å². The SMILES string of the molecule is O=Cc1c(I)ccc2scc(CCl)c12. The first-order valence-electron chi connectivity index (χ1n) is 3.97. The molecule has 0 spiro atoms. The maximum atomic E-state index is 11.0. The lowest BCUT2D eigenvalue weighted by molar-refractivity contribution is 0.112. The van der Waals surface area contributed by atoms with Gasteiger partial charge in [-0.25, -0.2) is 0 Å². The molecule has 0 N–H and O–H groups in total. The molecule has 2 rings (SSSR count). The van der Waals surface area contributed by atoms with Crippen molar-refractivity contribution in [2.75, 3.05) is 0 Å². The van der Waals surface area contributed by atoms with Gasteiger partial charge in [-0.1, -0.05) is 0 Å². The highest BCUT2D eigenvalue weighted by Crippen LogP contribution is 2.31. The maximum Gasteiger partial charge on any atom is 0.151 e. The number of carbonyl (C=O) groups is 1. The molecule has 0 aliphatic carbocycles. The highest BCUT2D eigenvalue weighted by Gasteiger charge is 2.10. The fourth-order valence-corrected chi connectivity index (χ4v) is 3.27. The van der Waals surface area contributed by atoms with Crippen LogP contribution in [0.5, 0.6) is 0 Å². The average Bonchev–Trinajstić information content (AvgIpc) is 2.61. The highest BCUT2D eigenvalue weighted by molar-refractivity contribution is 14.1. The second-order valence-corrected chi connectivity index (χ2v) is 5.19. The van der Waals surface area contributed by atoms with Crippen molar-refractivity contribution < 1.29 is 4.79 Å². The molecule has 0 bridgehead atoms. The van der Waals surface area contributed by atoms with Crippen LogP contribution >= 0.6 is 45.5 Å².